The Kier molecular flexibility index (Phi) is 4.37. The average molecular weight is 290 g/mol. The molecule has 0 fully saturated rings. The van der Waals surface area contributed by atoms with Gasteiger partial charge in [0.2, 0.25) is 5.91 Å². The van der Waals surface area contributed by atoms with Crippen LogP contribution in [0.5, 0.6) is 0 Å². The molecule has 20 heavy (non-hydrogen) atoms. The maximum atomic E-state index is 11.9. The van der Waals surface area contributed by atoms with Gasteiger partial charge in [-0.05, 0) is 29.1 Å². The number of ether oxygens (including phenoxy) is 1. The van der Waals surface area contributed by atoms with Crippen molar-refractivity contribution < 1.29 is 14.3 Å². The lowest BCUT2D eigenvalue weighted by Crippen LogP contribution is -2.16. The van der Waals surface area contributed by atoms with Crippen molar-refractivity contribution in [2.24, 2.45) is 0 Å². The third kappa shape index (κ3) is 3.36. The topological polar surface area (TPSA) is 81.4 Å². The van der Waals surface area contributed by atoms with Crippen molar-refractivity contribution in [2.75, 3.05) is 18.2 Å². The first-order valence-electron chi connectivity index (χ1n) is 5.90. The number of esters is 1. The molecule has 0 spiro atoms. The summed E-state index contributed by atoms with van der Waals surface area (Å²) in [5.41, 5.74) is 7.57. The monoisotopic (exact) mass is 290 g/mol. The predicted octanol–water partition coefficient (Wildman–Crippen LogP) is 2.30. The van der Waals surface area contributed by atoms with E-state index in [9.17, 15) is 9.59 Å². The molecule has 1 heterocycles. The number of thiophene rings is 1. The van der Waals surface area contributed by atoms with Crippen LogP contribution in [0.15, 0.2) is 35.7 Å². The standard InChI is InChI=1S/C14H14N2O3S/c1-19-14(18)13-11(6-7-20-13)16-12(17)8-9-2-4-10(15)5-3-9/h2-7H,8,15H2,1H3,(H,16,17). The molecule has 5 nitrogen and oxygen atoms in total. The zero-order chi connectivity index (χ0) is 14.5. The van der Waals surface area contributed by atoms with Gasteiger partial charge < -0.3 is 15.8 Å². The smallest absolute Gasteiger partial charge is 0.350 e. The van der Waals surface area contributed by atoms with Crippen LogP contribution in [0.4, 0.5) is 11.4 Å². The molecule has 0 aliphatic carbocycles. The second-order valence-corrected chi connectivity index (χ2v) is 5.04. The molecule has 3 N–H and O–H groups in total. The van der Waals surface area contributed by atoms with Crippen molar-refractivity contribution in [3.05, 3.63) is 46.2 Å². The Morgan fingerprint density at radius 3 is 2.60 bits per heavy atom. The quantitative estimate of drug-likeness (QED) is 0.668. The van der Waals surface area contributed by atoms with Gasteiger partial charge in [0, 0.05) is 5.69 Å². The van der Waals surface area contributed by atoms with Crippen molar-refractivity contribution in [3.8, 4) is 0 Å². The Hall–Kier alpha value is -2.34. The second kappa shape index (κ2) is 6.21. The van der Waals surface area contributed by atoms with Crippen LogP contribution < -0.4 is 11.1 Å². The van der Waals surface area contributed by atoms with E-state index in [4.69, 9.17) is 5.73 Å². The Morgan fingerprint density at radius 1 is 1.25 bits per heavy atom. The summed E-state index contributed by atoms with van der Waals surface area (Å²) >= 11 is 1.23. The number of anilines is 2. The largest absolute Gasteiger partial charge is 0.465 e. The number of carbonyl (C=O) groups is 2. The van der Waals surface area contributed by atoms with Crippen LogP contribution >= 0.6 is 11.3 Å². The second-order valence-electron chi connectivity index (χ2n) is 4.12. The SMILES string of the molecule is COC(=O)c1sccc1NC(=O)Cc1ccc(N)cc1. The number of hydrogen-bond donors (Lipinski definition) is 2. The molecule has 0 unspecified atom stereocenters. The summed E-state index contributed by atoms with van der Waals surface area (Å²) in [6, 6.07) is 8.76. The molecule has 2 aromatic rings. The van der Waals surface area contributed by atoms with E-state index in [1.54, 1.807) is 35.7 Å². The minimum absolute atomic E-state index is 0.196. The number of amides is 1. The van der Waals surface area contributed by atoms with Crippen molar-refractivity contribution in [3.63, 3.8) is 0 Å². The predicted molar refractivity (Wildman–Crippen MR) is 78.8 cm³/mol. The van der Waals surface area contributed by atoms with Crippen LogP contribution in [-0.2, 0) is 16.0 Å². The number of nitrogens with one attached hydrogen (secondary N) is 1. The number of benzene rings is 1. The van der Waals surface area contributed by atoms with Gasteiger partial charge in [-0.25, -0.2) is 4.79 Å². The van der Waals surface area contributed by atoms with Gasteiger partial charge in [0.25, 0.3) is 0 Å². The Bertz CT molecular complexity index is 620. The summed E-state index contributed by atoms with van der Waals surface area (Å²) in [5.74, 6) is -0.652. The lowest BCUT2D eigenvalue weighted by molar-refractivity contribution is -0.115. The van der Waals surface area contributed by atoms with Gasteiger partial charge in [0.15, 0.2) is 0 Å². The summed E-state index contributed by atoms with van der Waals surface area (Å²) < 4.78 is 4.65. The van der Waals surface area contributed by atoms with Crippen LogP contribution in [0.1, 0.15) is 15.2 Å². The highest BCUT2D eigenvalue weighted by Gasteiger charge is 2.15. The molecule has 1 amide bonds. The van der Waals surface area contributed by atoms with Gasteiger partial charge in [-0.3, -0.25) is 4.79 Å². The lowest BCUT2D eigenvalue weighted by Gasteiger charge is -2.06. The first-order chi connectivity index (χ1) is 9.60. The molecular formula is C14H14N2O3S. The first-order valence-corrected chi connectivity index (χ1v) is 6.78. The Labute approximate surface area is 120 Å². The number of methoxy groups -OCH3 is 1. The zero-order valence-electron chi connectivity index (χ0n) is 10.9. The Balaban J connectivity index is 2.03. The number of rotatable bonds is 4. The van der Waals surface area contributed by atoms with Crippen molar-refractivity contribution >= 4 is 34.6 Å². The van der Waals surface area contributed by atoms with E-state index in [2.05, 4.69) is 10.1 Å². The van der Waals surface area contributed by atoms with Gasteiger partial charge in [-0.1, -0.05) is 12.1 Å². The third-order valence-electron chi connectivity index (χ3n) is 2.65. The third-order valence-corrected chi connectivity index (χ3v) is 3.55. The summed E-state index contributed by atoms with van der Waals surface area (Å²) in [6.45, 7) is 0. The van der Waals surface area contributed by atoms with E-state index in [1.807, 2.05) is 0 Å². The first kappa shape index (κ1) is 14.1. The van der Waals surface area contributed by atoms with E-state index >= 15 is 0 Å². The Morgan fingerprint density at radius 2 is 1.95 bits per heavy atom. The van der Waals surface area contributed by atoms with E-state index in [0.717, 1.165) is 5.56 Å². The molecule has 2 rings (SSSR count). The van der Waals surface area contributed by atoms with Crippen molar-refractivity contribution in [1.29, 1.82) is 0 Å². The highest BCUT2D eigenvalue weighted by atomic mass is 32.1. The highest BCUT2D eigenvalue weighted by molar-refractivity contribution is 7.12. The number of nitrogens with two attached hydrogens (primary N) is 1. The van der Waals surface area contributed by atoms with E-state index in [0.29, 0.717) is 16.3 Å². The molecule has 0 aliphatic rings. The van der Waals surface area contributed by atoms with Crippen LogP contribution in [0.2, 0.25) is 0 Å². The fraction of sp³-hybridized carbons (Fsp3) is 0.143. The fourth-order valence-corrected chi connectivity index (χ4v) is 2.44. The number of carbonyl (C=O) groups excluding carboxylic acids is 2. The van der Waals surface area contributed by atoms with E-state index in [1.165, 1.54) is 18.4 Å². The van der Waals surface area contributed by atoms with Gasteiger partial charge >= 0.3 is 5.97 Å². The molecule has 1 aromatic heterocycles. The normalized spacial score (nSPS) is 10.1. The molecule has 6 heteroatoms. The summed E-state index contributed by atoms with van der Waals surface area (Å²) in [7, 11) is 1.31. The maximum absolute atomic E-state index is 11.9. The van der Waals surface area contributed by atoms with Crippen LogP contribution in [0.25, 0.3) is 0 Å². The molecule has 0 atom stereocenters. The van der Waals surface area contributed by atoms with Gasteiger partial charge in [-0.15, -0.1) is 11.3 Å². The molecule has 0 aliphatic heterocycles. The van der Waals surface area contributed by atoms with Gasteiger partial charge in [0.1, 0.15) is 4.88 Å². The summed E-state index contributed by atoms with van der Waals surface area (Å²) in [4.78, 5) is 23.8. The fourth-order valence-electron chi connectivity index (χ4n) is 1.67. The van der Waals surface area contributed by atoms with E-state index < -0.39 is 5.97 Å². The molecular weight excluding hydrogens is 276 g/mol. The van der Waals surface area contributed by atoms with Gasteiger partial charge in [-0.2, -0.15) is 0 Å². The molecule has 0 saturated carbocycles. The zero-order valence-corrected chi connectivity index (χ0v) is 11.7. The number of hydrogen-bond acceptors (Lipinski definition) is 5. The lowest BCUT2D eigenvalue weighted by atomic mass is 10.1. The molecule has 0 radical (unpaired) electrons. The van der Waals surface area contributed by atoms with Crippen molar-refractivity contribution in [2.45, 2.75) is 6.42 Å². The van der Waals surface area contributed by atoms with Crippen LogP contribution in [0.3, 0.4) is 0 Å². The molecule has 0 saturated heterocycles. The van der Waals surface area contributed by atoms with Crippen molar-refractivity contribution in [1.82, 2.24) is 0 Å². The highest BCUT2D eigenvalue weighted by Crippen LogP contribution is 2.23. The minimum atomic E-state index is -0.456. The maximum Gasteiger partial charge on any atom is 0.350 e. The number of nitrogen functional groups attached to an aromatic ring is 1. The summed E-state index contributed by atoms with van der Waals surface area (Å²) in [5, 5.41) is 4.44. The van der Waals surface area contributed by atoms with Crippen LogP contribution in [0, 0.1) is 0 Å². The minimum Gasteiger partial charge on any atom is -0.465 e. The molecule has 0 bridgehead atoms. The molecule has 104 valence electrons. The van der Waals surface area contributed by atoms with E-state index in [-0.39, 0.29) is 12.3 Å². The van der Waals surface area contributed by atoms with Crippen LogP contribution in [-0.4, -0.2) is 19.0 Å². The molecule has 1 aromatic carbocycles. The van der Waals surface area contributed by atoms with Gasteiger partial charge in [0.05, 0.1) is 19.2 Å². The summed E-state index contributed by atoms with van der Waals surface area (Å²) in [6.07, 6.45) is 0.219. The average Bonchev–Trinajstić information content (AvgIpc) is 2.88.